The lowest BCUT2D eigenvalue weighted by molar-refractivity contribution is -0.157. The fourth-order valence-electron chi connectivity index (χ4n) is 6.22. The van der Waals surface area contributed by atoms with Crippen molar-refractivity contribution in [3.05, 3.63) is 46.0 Å². The third kappa shape index (κ3) is 12.1. The summed E-state index contributed by atoms with van der Waals surface area (Å²) in [5, 5.41) is 2.56. The maximum absolute atomic E-state index is 15.8. The number of benzene rings is 2. The Balaban J connectivity index is 1.27. The third-order valence-corrected chi connectivity index (χ3v) is 8.95. The van der Waals surface area contributed by atoms with Crippen LogP contribution < -0.4 is 24.3 Å². The number of fused-ring (bicyclic) bond motifs is 2. The molecule has 314 valence electrons. The van der Waals surface area contributed by atoms with Crippen LogP contribution in [0.4, 0.5) is 13.6 Å². The molecule has 2 aliphatic heterocycles. The molecule has 0 spiro atoms. The molecule has 1 N–H and O–H groups in total. The average Bonchev–Trinajstić information content (AvgIpc) is 3.78. The van der Waals surface area contributed by atoms with E-state index in [4.69, 9.17) is 33.2 Å². The number of hydrogen-bond donors (Lipinski definition) is 1. The molecule has 2 aromatic rings. The van der Waals surface area contributed by atoms with Crippen LogP contribution in [0.3, 0.4) is 0 Å². The molecule has 2 aromatic carbocycles. The lowest BCUT2D eigenvalue weighted by Crippen LogP contribution is -2.43. The Hall–Kier alpha value is -5.35. The van der Waals surface area contributed by atoms with Crippen LogP contribution in [0.2, 0.25) is 0 Å². The van der Waals surface area contributed by atoms with Crippen molar-refractivity contribution >= 4 is 29.8 Å². The van der Waals surface area contributed by atoms with Crippen molar-refractivity contribution in [1.29, 1.82) is 0 Å². The summed E-state index contributed by atoms with van der Waals surface area (Å²) in [7, 11) is 2.74. The van der Waals surface area contributed by atoms with Crippen molar-refractivity contribution in [1.82, 2.24) is 15.1 Å². The van der Waals surface area contributed by atoms with Gasteiger partial charge in [-0.25, -0.2) is 13.6 Å². The zero-order chi connectivity index (χ0) is 42.1. The second-order valence-corrected chi connectivity index (χ2v) is 15.2. The van der Waals surface area contributed by atoms with Crippen LogP contribution in [-0.2, 0) is 59.6 Å². The van der Waals surface area contributed by atoms with E-state index in [-0.39, 0.29) is 131 Å². The van der Waals surface area contributed by atoms with E-state index < -0.39 is 40.9 Å². The number of carbonyl (C=O) groups is 5. The molecule has 2 aliphatic rings. The molecule has 2 heterocycles. The molecule has 0 fully saturated rings. The van der Waals surface area contributed by atoms with Gasteiger partial charge in [0.2, 0.25) is 11.8 Å². The summed E-state index contributed by atoms with van der Waals surface area (Å²) in [6.07, 6.45) is -0.957. The summed E-state index contributed by atoms with van der Waals surface area (Å²) in [6.45, 7) is 10.5. The fourth-order valence-corrected chi connectivity index (χ4v) is 6.22. The maximum Gasteiger partial charge on any atom is 0.407 e. The topological polar surface area (TPSA) is 168 Å². The number of rotatable bonds is 18. The first-order valence-electron chi connectivity index (χ1n) is 18.8. The van der Waals surface area contributed by atoms with Gasteiger partial charge in [0.15, 0.2) is 34.6 Å². The van der Waals surface area contributed by atoms with Gasteiger partial charge in [0, 0.05) is 56.6 Å². The zero-order valence-electron chi connectivity index (χ0n) is 33.9. The van der Waals surface area contributed by atoms with E-state index >= 15 is 8.78 Å². The third-order valence-electron chi connectivity index (χ3n) is 8.95. The van der Waals surface area contributed by atoms with Crippen molar-refractivity contribution in [2.24, 2.45) is 0 Å². The number of esters is 2. The fraction of sp³-hybridized carbons (Fsp3) is 0.575. The Morgan fingerprint density at radius 1 is 0.702 bits per heavy atom. The van der Waals surface area contributed by atoms with Crippen molar-refractivity contribution in [3.63, 3.8) is 0 Å². The summed E-state index contributed by atoms with van der Waals surface area (Å²) >= 11 is 0. The van der Waals surface area contributed by atoms with Crippen LogP contribution in [0.25, 0.3) is 0 Å². The lowest BCUT2D eigenvalue weighted by atomic mass is 10.1. The van der Waals surface area contributed by atoms with E-state index in [1.807, 2.05) is 0 Å². The minimum atomic E-state index is -1.06. The maximum atomic E-state index is 15.8. The predicted octanol–water partition coefficient (Wildman–Crippen LogP) is 5.48. The van der Waals surface area contributed by atoms with Crippen molar-refractivity contribution in [3.8, 4) is 23.0 Å². The monoisotopic (exact) mass is 805 g/mol. The number of carbonyl (C=O) groups excluding carboxylic acids is 5. The molecule has 0 unspecified atom stereocenters. The van der Waals surface area contributed by atoms with Crippen LogP contribution in [0.5, 0.6) is 23.0 Å². The van der Waals surface area contributed by atoms with Gasteiger partial charge in [-0.05, 0) is 64.8 Å². The number of methoxy groups -OCH3 is 2. The first kappa shape index (κ1) is 44.4. The second-order valence-electron chi connectivity index (χ2n) is 15.2. The first-order chi connectivity index (χ1) is 26.9. The highest BCUT2D eigenvalue weighted by atomic mass is 19.1. The number of halogens is 2. The molecule has 0 saturated carbocycles. The van der Waals surface area contributed by atoms with Crippen LogP contribution in [0, 0.1) is 11.6 Å². The molecule has 0 saturated heterocycles. The van der Waals surface area contributed by atoms with Crippen molar-refractivity contribution in [2.75, 3.05) is 40.6 Å². The molecule has 0 aliphatic carbocycles. The normalized spacial score (nSPS) is 13.4. The molecule has 15 nitrogen and oxygen atoms in total. The summed E-state index contributed by atoms with van der Waals surface area (Å²) in [5.74, 6) is -3.16. The van der Waals surface area contributed by atoms with Gasteiger partial charge in [0.05, 0.1) is 53.4 Å². The van der Waals surface area contributed by atoms with E-state index in [1.165, 1.54) is 24.0 Å². The number of nitrogens with zero attached hydrogens (tertiary/aromatic N) is 2. The summed E-state index contributed by atoms with van der Waals surface area (Å²) < 4.78 is 69.4. The summed E-state index contributed by atoms with van der Waals surface area (Å²) in [6, 6.07) is 3.21. The Kier molecular flexibility index (Phi) is 14.9. The SMILES string of the molecule is CCOC(=O)CCC(=O)N1Cc2cc(OC)c(OCCCOc3c(OC)cc4c(c3F)CN(C(=O)CCC(=O)OC(C)(C)CNC(=O)OC(C)(C)C)C4)c(F)c2C1. The van der Waals surface area contributed by atoms with E-state index in [1.54, 1.807) is 53.7 Å². The molecule has 0 radical (unpaired) electrons. The van der Waals surface area contributed by atoms with E-state index in [0.29, 0.717) is 11.1 Å². The number of amides is 3. The quantitative estimate of drug-likeness (QED) is 0.115. The van der Waals surface area contributed by atoms with Crippen LogP contribution in [-0.4, -0.2) is 91.4 Å². The van der Waals surface area contributed by atoms with Gasteiger partial charge < -0.3 is 48.3 Å². The predicted molar refractivity (Wildman–Crippen MR) is 200 cm³/mol. The number of alkyl carbamates (subject to hydrolysis) is 1. The Morgan fingerprint density at radius 2 is 1.18 bits per heavy atom. The first-order valence-corrected chi connectivity index (χ1v) is 18.8. The van der Waals surface area contributed by atoms with Gasteiger partial charge in [0.25, 0.3) is 0 Å². The highest BCUT2D eigenvalue weighted by Crippen LogP contribution is 2.40. The molecule has 17 heteroatoms. The molecule has 0 aromatic heterocycles. The molecule has 0 atom stereocenters. The van der Waals surface area contributed by atoms with Crippen LogP contribution in [0.15, 0.2) is 12.1 Å². The number of hydrogen-bond acceptors (Lipinski definition) is 12. The largest absolute Gasteiger partial charge is 0.493 e. The highest BCUT2D eigenvalue weighted by Gasteiger charge is 2.33. The van der Waals surface area contributed by atoms with E-state index in [2.05, 4.69) is 5.32 Å². The summed E-state index contributed by atoms with van der Waals surface area (Å²) in [4.78, 5) is 64.9. The second kappa shape index (κ2) is 19.2. The van der Waals surface area contributed by atoms with Crippen molar-refractivity contribution in [2.45, 2.75) is 111 Å². The Morgan fingerprint density at radius 3 is 1.61 bits per heavy atom. The standard InChI is InChI=1S/C40H53F2N3O12/c1-9-53-32(48)13-11-30(46)44-19-24-17-28(51-7)36(34(41)26(24)21-44)54-15-10-16-55-37-29(52-8)18-25-20-45(22-27(25)35(37)42)31(47)12-14-33(49)56-40(5,6)23-43-38(50)57-39(2,3)4/h17-18H,9-16,19-23H2,1-8H3,(H,43,50). The van der Waals surface area contributed by atoms with Gasteiger partial charge in [0.1, 0.15) is 11.2 Å². The van der Waals surface area contributed by atoms with E-state index in [0.717, 1.165) is 0 Å². The molecular weight excluding hydrogens is 752 g/mol. The van der Waals surface area contributed by atoms with Crippen LogP contribution >= 0.6 is 0 Å². The highest BCUT2D eigenvalue weighted by molar-refractivity contribution is 5.83. The van der Waals surface area contributed by atoms with E-state index in [9.17, 15) is 24.0 Å². The Labute approximate surface area is 331 Å². The van der Waals surface area contributed by atoms with Gasteiger partial charge in [-0.3, -0.25) is 19.2 Å². The molecule has 3 amide bonds. The molecule has 57 heavy (non-hydrogen) atoms. The Bertz CT molecular complexity index is 1830. The van der Waals surface area contributed by atoms with Crippen molar-refractivity contribution < 1.29 is 65.9 Å². The molecule has 4 rings (SSSR count). The molecular formula is C40H53F2N3O12. The van der Waals surface area contributed by atoms with Crippen LogP contribution in [0.1, 0.15) is 95.9 Å². The molecule has 0 bridgehead atoms. The minimum Gasteiger partial charge on any atom is -0.493 e. The summed E-state index contributed by atoms with van der Waals surface area (Å²) in [5.41, 5.74) is -0.105. The number of nitrogens with one attached hydrogen (secondary N) is 1. The average molecular weight is 806 g/mol. The van der Waals surface area contributed by atoms with Gasteiger partial charge >= 0.3 is 18.0 Å². The minimum absolute atomic E-state index is 0.00467. The van der Waals surface area contributed by atoms with Gasteiger partial charge in [-0.15, -0.1) is 0 Å². The number of ether oxygens (including phenoxy) is 7. The lowest BCUT2D eigenvalue weighted by Gasteiger charge is -2.27. The smallest absolute Gasteiger partial charge is 0.407 e. The van der Waals surface area contributed by atoms with Gasteiger partial charge in [-0.1, -0.05) is 0 Å². The van der Waals surface area contributed by atoms with Gasteiger partial charge in [-0.2, -0.15) is 0 Å². The zero-order valence-corrected chi connectivity index (χ0v) is 33.9.